The Morgan fingerprint density at radius 1 is 1.57 bits per heavy atom. The van der Waals surface area contributed by atoms with Crippen LogP contribution >= 0.6 is 0 Å². The first-order chi connectivity index (χ1) is 6.59. The number of carboxylic acids is 1. The van der Waals surface area contributed by atoms with Gasteiger partial charge in [0.1, 0.15) is 0 Å². The van der Waals surface area contributed by atoms with E-state index in [2.05, 4.69) is 21.8 Å². The molecule has 3 N–H and O–H groups in total. The van der Waals surface area contributed by atoms with E-state index in [1.54, 1.807) is 0 Å². The number of amidine groups is 1. The van der Waals surface area contributed by atoms with E-state index in [1.165, 1.54) is 0 Å². The minimum absolute atomic E-state index is 0.170. The first kappa shape index (κ1) is 11.6. The predicted octanol–water partition coefficient (Wildman–Crippen LogP) is 0.361. The van der Waals surface area contributed by atoms with Crippen molar-refractivity contribution in [3.63, 3.8) is 0 Å². The summed E-state index contributed by atoms with van der Waals surface area (Å²) in [7, 11) is 0. The summed E-state index contributed by atoms with van der Waals surface area (Å²) in [4.78, 5) is 14.9. The van der Waals surface area contributed by atoms with E-state index in [0.717, 1.165) is 25.7 Å². The molecule has 1 aliphatic carbocycles. The molecule has 1 rings (SSSR count). The number of rotatable bonds is 3. The van der Waals surface area contributed by atoms with Gasteiger partial charge in [-0.15, -0.1) is 0 Å². The molecule has 14 heavy (non-hydrogen) atoms. The van der Waals surface area contributed by atoms with Gasteiger partial charge in [0.2, 0.25) is 0 Å². The zero-order valence-corrected chi connectivity index (χ0v) is 9.89. The van der Waals surface area contributed by atoms with Gasteiger partial charge in [0.05, 0.1) is 0 Å². The van der Waals surface area contributed by atoms with E-state index >= 15 is 0 Å². The van der Waals surface area contributed by atoms with Crippen molar-refractivity contribution in [2.24, 2.45) is 22.6 Å². The van der Waals surface area contributed by atoms with Crippen molar-refractivity contribution in [3.05, 3.63) is 0 Å². The summed E-state index contributed by atoms with van der Waals surface area (Å²) >= 11 is 2.19. The number of hydrogen-bond donors (Lipinski definition) is 2. The molecule has 0 spiro atoms. The molecular weight excluding hydrogens is 243 g/mol. The van der Waals surface area contributed by atoms with Crippen LogP contribution in [0.2, 0.25) is 0 Å². The Balaban J connectivity index is 2.40. The van der Waals surface area contributed by atoms with Gasteiger partial charge in [0, 0.05) is 0 Å². The van der Waals surface area contributed by atoms with Crippen molar-refractivity contribution >= 4 is 27.4 Å². The summed E-state index contributed by atoms with van der Waals surface area (Å²) in [5, 5.41) is 8.87. The molecule has 1 aliphatic rings. The van der Waals surface area contributed by atoms with Crippen LogP contribution < -0.4 is 5.73 Å². The number of carboxylic acid groups (broad SMARTS) is 1. The third-order valence-electron chi connectivity index (χ3n) is 2.64. The van der Waals surface area contributed by atoms with Gasteiger partial charge in [-0.1, -0.05) is 0 Å². The standard InChI is InChI=1S/C9H15AsN2O2/c10-9(11)12-5-6-2-1-3-7(4-6)8(13)14/h6-7H,1-5H2,(H2,11,12)(H,13,14). The Morgan fingerprint density at radius 2 is 2.29 bits per heavy atom. The summed E-state index contributed by atoms with van der Waals surface area (Å²) in [6.45, 7) is 0.671. The van der Waals surface area contributed by atoms with Crippen LogP contribution in [0.4, 0.5) is 0 Å². The van der Waals surface area contributed by atoms with Crippen LogP contribution in [-0.4, -0.2) is 39.1 Å². The molecule has 0 bridgehead atoms. The molecule has 2 atom stereocenters. The third-order valence-corrected chi connectivity index (χ3v) is 2.94. The zero-order chi connectivity index (χ0) is 10.6. The molecule has 4 nitrogen and oxygen atoms in total. The van der Waals surface area contributed by atoms with Crippen LogP contribution in [0, 0.1) is 11.8 Å². The van der Waals surface area contributed by atoms with Crippen molar-refractivity contribution in [2.45, 2.75) is 25.7 Å². The van der Waals surface area contributed by atoms with Crippen LogP contribution in [0.25, 0.3) is 0 Å². The third kappa shape index (κ3) is 3.70. The zero-order valence-electron chi connectivity index (χ0n) is 8.02. The van der Waals surface area contributed by atoms with Gasteiger partial charge in [0.25, 0.3) is 0 Å². The SMILES string of the molecule is NC([As])=NCC1CCCC(C(=O)O)C1. The molecule has 1 fully saturated rings. The number of nitrogens with two attached hydrogens (primary N) is 1. The molecule has 1 saturated carbocycles. The Morgan fingerprint density at radius 3 is 2.86 bits per heavy atom. The molecule has 0 aromatic carbocycles. The van der Waals surface area contributed by atoms with Gasteiger partial charge < -0.3 is 0 Å². The quantitative estimate of drug-likeness (QED) is 0.436. The van der Waals surface area contributed by atoms with Gasteiger partial charge in [-0.05, 0) is 0 Å². The van der Waals surface area contributed by atoms with Crippen molar-refractivity contribution in [1.82, 2.24) is 0 Å². The second-order valence-electron chi connectivity index (χ2n) is 3.77. The monoisotopic (exact) mass is 258 g/mol. The molecule has 5 heteroatoms. The molecule has 0 heterocycles. The predicted molar refractivity (Wildman–Crippen MR) is 55.3 cm³/mol. The van der Waals surface area contributed by atoms with Crippen molar-refractivity contribution < 1.29 is 9.90 Å². The summed E-state index contributed by atoms with van der Waals surface area (Å²) in [6, 6.07) is 0. The second kappa shape index (κ2) is 5.40. The number of aliphatic carboxylic acids is 1. The second-order valence-corrected chi connectivity index (χ2v) is 4.73. The fourth-order valence-electron chi connectivity index (χ4n) is 1.90. The molecular formula is C9H15AsN2O2. The first-order valence-corrected chi connectivity index (χ1v) is 5.75. The average molecular weight is 258 g/mol. The molecule has 0 aliphatic heterocycles. The fraction of sp³-hybridized carbons (Fsp3) is 0.778. The Hall–Kier alpha value is -0.502. The molecule has 0 aromatic heterocycles. The first-order valence-electron chi connectivity index (χ1n) is 4.81. The van der Waals surface area contributed by atoms with Gasteiger partial charge in [-0.2, -0.15) is 0 Å². The molecule has 78 valence electrons. The number of carbonyl (C=O) groups is 1. The van der Waals surface area contributed by atoms with Gasteiger partial charge in [-0.3, -0.25) is 0 Å². The summed E-state index contributed by atoms with van der Waals surface area (Å²) < 4.78 is 0.523. The summed E-state index contributed by atoms with van der Waals surface area (Å²) in [6.07, 6.45) is 3.63. The van der Waals surface area contributed by atoms with Crippen LogP contribution in [-0.2, 0) is 4.79 Å². The van der Waals surface area contributed by atoms with Crippen LogP contribution in [0.3, 0.4) is 0 Å². The number of nitrogens with zero attached hydrogens (tertiary/aromatic N) is 1. The molecule has 2 unspecified atom stereocenters. The molecule has 2 radical (unpaired) electrons. The van der Waals surface area contributed by atoms with Gasteiger partial charge in [0.15, 0.2) is 0 Å². The summed E-state index contributed by atoms with van der Waals surface area (Å²) in [5.74, 6) is -0.442. The normalized spacial score (nSPS) is 28.8. The molecule has 0 aromatic rings. The maximum absolute atomic E-state index is 10.8. The van der Waals surface area contributed by atoms with E-state index in [1.807, 2.05) is 0 Å². The topological polar surface area (TPSA) is 75.7 Å². The number of hydrogen-bond acceptors (Lipinski definition) is 2. The van der Waals surface area contributed by atoms with E-state index < -0.39 is 5.97 Å². The van der Waals surface area contributed by atoms with Crippen molar-refractivity contribution in [2.75, 3.05) is 6.54 Å². The van der Waals surface area contributed by atoms with Crippen LogP contribution in [0.1, 0.15) is 25.7 Å². The average Bonchev–Trinajstić information content (AvgIpc) is 2.15. The minimum atomic E-state index is -0.668. The molecule has 0 amide bonds. The van der Waals surface area contributed by atoms with E-state index in [4.69, 9.17) is 10.8 Å². The molecule has 0 saturated heterocycles. The Bertz CT molecular complexity index is 239. The maximum atomic E-state index is 10.8. The van der Waals surface area contributed by atoms with Gasteiger partial charge in [-0.25, -0.2) is 0 Å². The number of aliphatic imine (C=N–C) groups is 1. The van der Waals surface area contributed by atoms with Crippen LogP contribution in [0.15, 0.2) is 4.99 Å². The summed E-state index contributed by atoms with van der Waals surface area (Å²) in [5.41, 5.74) is 5.41. The van der Waals surface area contributed by atoms with Crippen molar-refractivity contribution in [3.8, 4) is 0 Å². The van der Waals surface area contributed by atoms with E-state index in [-0.39, 0.29) is 5.92 Å². The Kier molecular flexibility index (Phi) is 4.46. The van der Waals surface area contributed by atoms with Crippen molar-refractivity contribution in [1.29, 1.82) is 0 Å². The van der Waals surface area contributed by atoms with Crippen LogP contribution in [0.5, 0.6) is 0 Å². The fourth-order valence-corrected chi connectivity index (χ4v) is 2.08. The van der Waals surface area contributed by atoms with Gasteiger partial charge >= 0.3 is 92.1 Å². The van der Waals surface area contributed by atoms with E-state index in [9.17, 15) is 4.79 Å². The van der Waals surface area contributed by atoms with E-state index in [0.29, 0.717) is 17.1 Å². The Labute approximate surface area is 92.5 Å².